The second-order valence-corrected chi connectivity index (χ2v) is 3.72. The summed E-state index contributed by atoms with van der Waals surface area (Å²) >= 11 is 5.71. The van der Waals surface area contributed by atoms with Crippen LogP contribution in [0.1, 0.15) is 5.69 Å². The van der Waals surface area contributed by atoms with Gasteiger partial charge < -0.3 is 17.3 Å². The van der Waals surface area contributed by atoms with E-state index in [1.807, 2.05) is 0 Å². The standard InChI is InChI=1S/C8H6BClF3N2/c1-5-3-15-4-6(9(11,12)13)2-7(10)8(15)14-5/h2-4H,1H3/q-1. The lowest BCUT2D eigenvalue weighted by Gasteiger charge is -2.15. The van der Waals surface area contributed by atoms with E-state index in [0.717, 1.165) is 12.3 Å². The van der Waals surface area contributed by atoms with E-state index in [9.17, 15) is 12.9 Å². The van der Waals surface area contributed by atoms with Gasteiger partial charge in [0.05, 0.1) is 10.7 Å². The van der Waals surface area contributed by atoms with Crippen molar-refractivity contribution in [2.45, 2.75) is 6.92 Å². The molecule has 0 aliphatic heterocycles. The van der Waals surface area contributed by atoms with Crippen molar-refractivity contribution in [3.05, 3.63) is 29.2 Å². The van der Waals surface area contributed by atoms with Gasteiger partial charge in [0, 0.05) is 6.20 Å². The maximum absolute atomic E-state index is 12.5. The average Bonchev–Trinajstić information content (AvgIpc) is 2.44. The molecule has 0 fully saturated rings. The van der Waals surface area contributed by atoms with Crippen molar-refractivity contribution in [1.29, 1.82) is 0 Å². The SMILES string of the molecule is Cc1cn2cc([B-](F)(F)F)cc(Cl)c2n1. The Kier molecular flexibility index (Phi) is 2.18. The monoisotopic (exact) mass is 233 g/mol. The number of rotatable bonds is 1. The Morgan fingerprint density at radius 3 is 2.60 bits per heavy atom. The molecule has 2 heterocycles. The minimum absolute atomic E-state index is 0.0137. The van der Waals surface area contributed by atoms with Crippen molar-refractivity contribution >= 4 is 29.7 Å². The zero-order valence-electron chi connectivity index (χ0n) is 7.72. The Morgan fingerprint density at radius 2 is 2.00 bits per heavy atom. The van der Waals surface area contributed by atoms with Gasteiger partial charge in [-0.1, -0.05) is 23.1 Å². The molecule has 0 aromatic carbocycles. The Morgan fingerprint density at radius 1 is 1.33 bits per heavy atom. The van der Waals surface area contributed by atoms with Crippen LogP contribution in [0.2, 0.25) is 5.02 Å². The third kappa shape index (κ3) is 1.81. The highest BCUT2D eigenvalue weighted by Crippen LogP contribution is 2.18. The first-order valence-corrected chi connectivity index (χ1v) is 4.60. The second kappa shape index (κ2) is 3.16. The molecule has 2 aromatic rings. The molecular formula is C8H6BClF3N2-. The number of nitrogens with zero attached hydrogens (tertiary/aromatic N) is 2. The van der Waals surface area contributed by atoms with E-state index in [1.165, 1.54) is 10.6 Å². The molecule has 0 saturated carbocycles. The molecule has 0 spiro atoms. The molecule has 0 unspecified atom stereocenters. The van der Waals surface area contributed by atoms with Gasteiger partial charge in [0.2, 0.25) is 0 Å². The van der Waals surface area contributed by atoms with Crippen LogP contribution in [0.15, 0.2) is 18.5 Å². The number of aromatic nitrogens is 2. The lowest BCUT2D eigenvalue weighted by Crippen LogP contribution is -2.34. The molecule has 15 heavy (non-hydrogen) atoms. The first-order chi connectivity index (χ1) is 6.88. The van der Waals surface area contributed by atoms with E-state index in [-0.39, 0.29) is 5.02 Å². The van der Waals surface area contributed by atoms with Gasteiger partial charge in [-0.2, -0.15) is 0 Å². The fraction of sp³-hybridized carbons (Fsp3) is 0.125. The summed E-state index contributed by atoms with van der Waals surface area (Å²) in [5.41, 5.74) is 0.256. The van der Waals surface area contributed by atoms with Crippen molar-refractivity contribution in [3.8, 4) is 0 Å². The predicted molar refractivity (Wildman–Crippen MR) is 53.7 cm³/mol. The highest BCUT2D eigenvalue weighted by atomic mass is 35.5. The van der Waals surface area contributed by atoms with Gasteiger partial charge in [0.1, 0.15) is 0 Å². The highest BCUT2D eigenvalue weighted by Gasteiger charge is 2.26. The van der Waals surface area contributed by atoms with E-state index in [1.54, 1.807) is 6.92 Å². The Hall–Kier alpha value is -1.17. The number of pyridine rings is 1. The number of hydrogen-bond donors (Lipinski definition) is 0. The zero-order valence-corrected chi connectivity index (χ0v) is 8.47. The third-order valence-electron chi connectivity index (χ3n) is 2.03. The van der Waals surface area contributed by atoms with Crippen molar-refractivity contribution in [1.82, 2.24) is 9.38 Å². The number of halogens is 4. The average molecular weight is 233 g/mol. The molecule has 0 bridgehead atoms. The Bertz CT molecular complexity index is 520. The molecule has 0 amide bonds. The van der Waals surface area contributed by atoms with E-state index >= 15 is 0 Å². The molecular weight excluding hydrogens is 227 g/mol. The van der Waals surface area contributed by atoms with Gasteiger partial charge in [-0.15, -0.1) is 0 Å². The smallest absolute Gasteiger partial charge is 0.445 e. The molecule has 2 aromatic heterocycles. The summed E-state index contributed by atoms with van der Waals surface area (Å²) < 4.78 is 38.7. The molecule has 0 N–H and O–H groups in total. The number of aryl methyl sites for hydroxylation is 1. The highest BCUT2D eigenvalue weighted by molar-refractivity contribution is 6.73. The number of hydrogen-bond acceptors (Lipinski definition) is 1. The van der Waals surface area contributed by atoms with Crippen LogP contribution in [0.3, 0.4) is 0 Å². The van der Waals surface area contributed by atoms with Crippen molar-refractivity contribution in [3.63, 3.8) is 0 Å². The molecule has 2 rings (SSSR count). The number of fused-ring (bicyclic) bond motifs is 1. The van der Waals surface area contributed by atoms with Gasteiger partial charge in [-0.25, -0.2) is 4.98 Å². The maximum Gasteiger partial charge on any atom is 0.511 e. The second-order valence-electron chi connectivity index (χ2n) is 3.31. The van der Waals surface area contributed by atoms with Gasteiger partial charge in [-0.05, 0) is 13.1 Å². The predicted octanol–water partition coefficient (Wildman–Crippen LogP) is 2.35. The van der Waals surface area contributed by atoms with Crippen LogP contribution < -0.4 is 5.46 Å². The summed E-state index contributed by atoms with van der Waals surface area (Å²) in [6.45, 7) is -3.33. The van der Waals surface area contributed by atoms with E-state index < -0.39 is 12.4 Å². The van der Waals surface area contributed by atoms with Crippen molar-refractivity contribution < 1.29 is 12.9 Å². The summed E-state index contributed by atoms with van der Waals surface area (Å²) in [5, 5.41) is 0.0137. The normalized spacial score (nSPS) is 12.3. The molecule has 0 atom stereocenters. The van der Waals surface area contributed by atoms with Crippen LogP contribution in [0.5, 0.6) is 0 Å². The quantitative estimate of drug-likeness (QED) is 0.691. The van der Waals surface area contributed by atoms with E-state index in [2.05, 4.69) is 4.98 Å². The molecule has 7 heteroatoms. The van der Waals surface area contributed by atoms with Crippen LogP contribution in [0, 0.1) is 6.92 Å². The summed E-state index contributed by atoms with van der Waals surface area (Å²) in [6, 6.07) is 0.906. The minimum atomic E-state index is -5.03. The maximum atomic E-state index is 12.5. The molecule has 0 saturated heterocycles. The number of imidazole rings is 1. The summed E-state index contributed by atoms with van der Waals surface area (Å²) in [4.78, 5) is 4.01. The van der Waals surface area contributed by atoms with Crippen LogP contribution in [-0.4, -0.2) is 16.4 Å². The lowest BCUT2D eigenvalue weighted by molar-refractivity contribution is 0.500. The van der Waals surface area contributed by atoms with Gasteiger partial charge >= 0.3 is 6.98 Å². The van der Waals surface area contributed by atoms with Crippen molar-refractivity contribution in [2.24, 2.45) is 0 Å². The molecule has 80 valence electrons. The molecule has 2 nitrogen and oxygen atoms in total. The van der Waals surface area contributed by atoms with Gasteiger partial charge in [-0.3, -0.25) is 0 Å². The fourth-order valence-electron chi connectivity index (χ4n) is 1.38. The van der Waals surface area contributed by atoms with Crippen LogP contribution in [-0.2, 0) is 0 Å². The van der Waals surface area contributed by atoms with Crippen LogP contribution >= 0.6 is 11.6 Å². The van der Waals surface area contributed by atoms with Gasteiger partial charge in [0.15, 0.2) is 5.65 Å². The summed E-state index contributed by atoms with van der Waals surface area (Å²) in [5.74, 6) is 0. The third-order valence-corrected chi connectivity index (χ3v) is 2.30. The summed E-state index contributed by atoms with van der Waals surface area (Å²) in [7, 11) is 0. The van der Waals surface area contributed by atoms with Crippen molar-refractivity contribution in [2.75, 3.05) is 0 Å². The first kappa shape index (κ1) is 10.4. The Balaban J connectivity index is 2.72. The molecule has 0 aliphatic carbocycles. The molecule has 0 aliphatic rings. The van der Waals surface area contributed by atoms with Crippen LogP contribution in [0.4, 0.5) is 12.9 Å². The largest absolute Gasteiger partial charge is 0.511 e. The van der Waals surface area contributed by atoms with Gasteiger partial charge in [0.25, 0.3) is 0 Å². The topological polar surface area (TPSA) is 17.3 Å². The molecule has 0 radical (unpaired) electrons. The lowest BCUT2D eigenvalue weighted by atomic mass is 9.81. The van der Waals surface area contributed by atoms with Crippen LogP contribution in [0.25, 0.3) is 5.65 Å². The summed E-state index contributed by atoms with van der Waals surface area (Å²) in [6.07, 6.45) is 2.51. The fourth-order valence-corrected chi connectivity index (χ4v) is 1.64. The van der Waals surface area contributed by atoms with E-state index in [4.69, 9.17) is 11.6 Å². The zero-order chi connectivity index (χ0) is 11.2. The Labute approximate surface area is 88.7 Å². The first-order valence-electron chi connectivity index (χ1n) is 4.22. The van der Waals surface area contributed by atoms with E-state index in [0.29, 0.717) is 11.3 Å². The minimum Gasteiger partial charge on any atom is -0.445 e.